The summed E-state index contributed by atoms with van der Waals surface area (Å²) in [6.45, 7) is 1.77. The number of carbonyl (C=O) groups excluding carboxylic acids is 2. The molecule has 2 aromatic rings. The van der Waals surface area contributed by atoms with E-state index >= 15 is 0 Å². The first-order valence-electron chi connectivity index (χ1n) is 6.82. The lowest BCUT2D eigenvalue weighted by molar-refractivity contribution is -0.114. The molecule has 0 bridgehead atoms. The predicted octanol–water partition coefficient (Wildman–Crippen LogP) is 2.54. The number of rotatable bonds is 4. The van der Waals surface area contributed by atoms with Crippen molar-refractivity contribution in [3.8, 4) is 0 Å². The lowest BCUT2D eigenvalue weighted by Gasteiger charge is -2.11. The smallest absolute Gasteiger partial charge is 0.323 e. The summed E-state index contributed by atoms with van der Waals surface area (Å²) < 4.78 is 0. The van der Waals surface area contributed by atoms with Crippen molar-refractivity contribution in [1.29, 1.82) is 0 Å². The van der Waals surface area contributed by atoms with Crippen LogP contribution in [0, 0.1) is 6.92 Å². The van der Waals surface area contributed by atoms with Crippen LogP contribution in [0.2, 0.25) is 0 Å². The van der Waals surface area contributed by atoms with E-state index < -0.39 is 0 Å². The van der Waals surface area contributed by atoms with Crippen molar-refractivity contribution < 1.29 is 9.59 Å². The van der Waals surface area contributed by atoms with Crippen LogP contribution < -0.4 is 21.7 Å². The molecule has 0 radical (unpaired) electrons. The van der Waals surface area contributed by atoms with E-state index in [-0.39, 0.29) is 18.5 Å². The summed E-state index contributed by atoms with van der Waals surface area (Å²) >= 11 is 0. The number of hydrogen-bond donors (Lipinski definition) is 4. The van der Waals surface area contributed by atoms with Crippen molar-refractivity contribution in [3.63, 3.8) is 0 Å². The Morgan fingerprint density at radius 2 is 1.64 bits per heavy atom. The van der Waals surface area contributed by atoms with Crippen LogP contribution in [0.5, 0.6) is 0 Å². The van der Waals surface area contributed by atoms with Crippen molar-refractivity contribution in [2.75, 3.05) is 22.5 Å². The Hall–Kier alpha value is -2.86. The molecule has 5 N–H and O–H groups in total. The van der Waals surface area contributed by atoms with Gasteiger partial charge in [0.2, 0.25) is 5.91 Å². The minimum atomic E-state index is -0.355. The molecule has 0 aliphatic carbocycles. The van der Waals surface area contributed by atoms with Gasteiger partial charge in [0.1, 0.15) is 0 Å². The van der Waals surface area contributed by atoms with Crippen molar-refractivity contribution in [2.45, 2.75) is 6.92 Å². The van der Waals surface area contributed by atoms with E-state index in [9.17, 15) is 9.59 Å². The maximum atomic E-state index is 11.9. The monoisotopic (exact) mass is 298 g/mol. The van der Waals surface area contributed by atoms with Crippen LogP contribution in [0.4, 0.5) is 21.9 Å². The molecule has 22 heavy (non-hydrogen) atoms. The number of hydrogen-bond acceptors (Lipinski definition) is 3. The summed E-state index contributed by atoms with van der Waals surface area (Å²) in [5, 5.41) is 8.12. The second-order valence-corrected chi connectivity index (χ2v) is 4.73. The van der Waals surface area contributed by atoms with Gasteiger partial charge in [0.15, 0.2) is 0 Å². The van der Waals surface area contributed by atoms with Gasteiger partial charge in [-0.15, -0.1) is 0 Å². The first-order valence-corrected chi connectivity index (χ1v) is 6.82. The predicted molar refractivity (Wildman–Crippen MR) is 87.9 cm³/mol. The number of urea groups is 1. The molecule has 3 amide bonds. The molecule has 0 fully saturated rings. The number of amides is 3. The minimum absolute atomic E-state index is 0.0917. The molecule has 0 unspecified atom stereocenters. The zero-order valence-electron chi connectivity index (χ0n) is 12.2. The Kier molecular flexibility index (Phi) is 5.11. The van der Waals surface area contributed by atoms with Gasteiger partial charge >= 0.3 is 6.03 Å². The number of carbonyl (C=O) groups is 2. The van der Waals surface area contributed by atoms with Crippen LogP contribution in [0.3, 0.4) is 0 Å². The molecular weight excluding hydrogens is 280 g/mol. The van der Waals surface area contributed by atoms with Gasteiger partial charge in [-0.1, -0.05) is 24.3 Å². The Labute approximate surface area is 128 Å². The Balaban J connectivity index is 2.04. The highest BCUT2D eigenvalue weighted by molar-refractivity contribution is 6.00. The van der Waals surface area contributed by atoms with Crippen LogP contribution in [-0.2, 0) is 4.79 Å². The topological polar surface area (TPSA) is 96.2 Å². The molecule has 0 atom stereocenters. The summed E-state index contributed by atoms with van der Waals surface area (Å²) in [6.07, 6.45) is 0. The molecule has 6 heteroatoms. The van der Waals surface area contributed by atoms with Crippen LogP contribution in [0.25, 0.3) is 0 Å². The fourth-order valence-corrected chi connectivity index (χ4v) is 1.85. The van der Waals surface area contributed by atoms with Crippen LogP contribution in [-0.4, -0.2) is 18.5 Å². The molecule has 2 aromatic carbocycles. The fourth-order valence-electron chi connectivity index (χ4n) is 1.85. The average Bonchev–Trinajstić information content (AvgIpc) is 2.51. The van der Waals surface area contributed by atoms with Crippen LogP contribution in [0.1, 0.15) is 5.56 Å². The molecule has 0 saturated carbocycles. The second kappa shape index (κ2) is 7.24. The van der Waals surface area contributed by atoms with Crippen molar-refractivity contribution in [1.82, 2.24) is 0 Å². The largest absolute Gasteiger partial charge is 0.325 e. The zero-order valence-corrected chi connectivity index (χ0v) is 12.2. The molecule has 0 saturated heterocycles. The quantitative estimate of drug-likeness (QED) is 0.698. The second-order valence-electron chi connectivity index (χ2n) is 4.73. The molecule has 2 rings (SSSR count). The Bertz CT molecular complexity index is 671. The van der Waals surface area contributed by atoms with Crippen molar-refractivity contribution >= 4 is 29.0 Å². The molecule has 0 spiro atoms. The van der Waals surface area contributed by atoms with Gasteiger partial charge in [0.05, 0.1) is 6.54 Å². The zero-order chi connectivity index (χ0) is 15.9. The maximum absolute atomic E-state index is 11.9. The van der Waals surface area contributed by atoms with E-state index in [0.29, 0.717) is 17.1 Å². The van der Waals surface area contributed by atoms with E-state index in [0.717, 1.165) is 5.56 Å². The van der Waals surface area contributed by atoms with E-state index in [2.05, 4.69) is 16.0 Å². The normalized spacial score (nSPS) is 9.91. The lowest BCUT2D eigenvalue weighted by Crippen LogP contribution is -2.23. The summed E-state index contributed by atoms with van der Waals surface area (Å²) in [4.78, 5) is 23.3. The molecule has 0 aromatic heterocycles. The third-order valence-electron chi connectivity index (χ3n) is 2.99. The van der Waals surface area contributed by atoms with Gasteiger partial charge in [-0.2, -0.15) is 0 Å². The Morgan fingerprint density at radius 3 is 2.32 bits per heavy atom. The summed E-state index contributed by atoms with van der Waals surface area (Å²) in [6, 6.07) is 14.0. The van der Waals surface area contributed by atoms with Crippen molar-refractivity contribution in [2.24, 2.45) is 5.73 Å². The highest BCUT2D eigenvalue weighted by Crippen LogP contribution is 2.20. The summed E-state index contributed by atoms with van der Waals surface area (Å²) in [5.74, 6) is -0.283. The number of para-hydroxylation sites is 1. The standard InChI is InChI=1S/C16H18N4O2/c1-11-7-8-13(9-14(11)20-15(21)10-17)19-16(22)18-12-5-3-2-4-6-12/h2-9H,10,17H2,1H3,(H,20,21)(H2,18,19,22). The van der Waals surface area contributed by atoms with Crippen LogP contribution >= 0.6 is 0 Å². The number of nitrogens with two attached hydrogens (primary N) is 1. The lowest BCUT2D eigenvalue weighted by atomic mass is 10.2. The SMILES string of the molecule is Cc1ccc(NC(=O)Nc2ccccc2)cc1NC(=O)CN. The maximum Gasteiger partial charge on any atom is 0.323 e. The van der Waals surface area contributed by atoms with Crippen LogP contribution in [0.15, 0.2) is 48.5 Å². The summed E-state index contributed by atoms with van der Waals surface area (Å²) in [7, 11) is 0. The number of anilines is 3. The summed E-state index contributed by atoms with van der Waals surface area (Å²) in [5.41, 5.74) is 8.06. The molecule has 0 aliphatic heterocycles. The molecule has 6 nitrogen and oxygen atoms in total. The van der Waals surface area contributed by atoms with E-state index in [1.165, 1.54) is 0 Å². The molecule has 114 valence electrons. The number of benzene rings is 2. The minimum Gasteiger partial charge on any atom is -0.325 e. The first-order chi connectivity index (χ1) is 10.6. The highest BCUT2D eigenvalue weighted by Gasteiger charge is 2.07. The number of aryl methyl sites for hydroxylation is 1. The molecular formula is C16H18N4O2. The fraction of sp³-hybridized carbons (Fsp3) is 0.125. The van der Waals surface area contributed by atoms with Gasteiger partial charge in [0, 0.05) is 17.1 Å². The van der Waals surface area contributed by atoms with E-state index in [4.69, 9.17) is 5.73 Å². The van der Waals surface area contributed by atoms with Gasteiger partial charge in [-0.05, 0) is 36.8 Å². The highest BCUT2D eigenvalue weighted by atomic mass is 16.2. The third kappa shape index (κ3) is 4.32. The molecule has 0 heterocycles. The number of nitrogens with one attached hydrogen (secondary N) is 3. The van der Waals surface area contributed by atoms with E-state index in [1.54, 1.807) is 24.3 Å². The third-order valence-corrected chi connectivity index (χ3v) is 2.99. The van der Waals surface area contributed by atoms with Gasteiger partial charge in [0.25, 0.3) is 0 Å². The molecule has 0 aliphatic rings. The van der Waals surface area contributed by atoms with Crippen molar-refractivity contribution in [3.05, 3.63) is 54.1 Å². The van der Waals surface area contributed by atoms with Gasteiger partial charge < -0.3 is 21.7 Å². The van der Waals surface area contributed by atoms with E-state index in [1.807, 2.05) is 31.2 Å². The van der Waals surface area contributed by atoms with Gasteiger partial charge in [-0.25, -0.2) is 4.79 Å². The van der Waals surface area contributed by atoms with Gasteiger partial charge in [-0.3, -0.25) is 4.79 Å². The average molecular weight is 298 g/mol. The Morgan fingerprint density at radius 1 is 0.955 bits per heavy atom. The first kappa shape index (κ1) is 15.5.